The average molecular weight is 508 g/mol. The normalized spacial score (nSPS) is 14.0. The monoisotopic (exact) mass is 507 g/mol. The van der Waals surface area contributed by atoms with Gasteiger partial charge in [-0.2, -0.15) is 0 Å². The van der Waals surface area contributed by atoms with E-state index in [1.807, 2.05) is 73.3 Å². The highest BCUT2D eigenvalue weighted by Crippen LogP contribution is 2.29. The molecule has 3 aromatic rings. The predicted octanol–water partition coefficient (Wildman–Crippen LogP) is 4.24. The number of methoxy groups -OCH3 is 1. The molecule has 3 aromatic carbocycles. The SMILES string of the molecule is COc1ccccc1N1CCN(C(=O)c2ccc(CN(c3ccc(C)c(C)c3)S(C)(=O)=O)cc2)CC1. The fourth-order valence-corrected chi connectivity index (χ4v) is 5.30. The van der Waals surface area contributed by atoms with Crippen LogP contribution >= 0.6 is 0 Å². The summed E-state index contributed by atoms with van der Waals surface area (Å²) in [5.41, 5.74) is 5.23. The minimum Gasteiger partial charge on any atom is -0.495 e. The second kappa shape index (κ2) is 10.6. The van der Waals surface area contributed by atoms with Crippen LogP contribution in [-0.2, 0) is 16.6 Å². The van der Waals surface area contributed by atoms with Gasteiger partial charge in [0, 0.05) is 31.7 Å². The molecular weight excluding hydrogens is 474 g/mol. The first-order chi connectivity index (χ1) is 17.2. The van der Waals surface area contributed by atoms with E-state index in [1.165, 1.54) is 10.6 Å². The van der Waals surface area contributed by atoms with Crippen molar-refractivity contribution in [2.45, 2.75) is 20.4 Å². The molecule has 1 aliphatic rings. The zero-order chi connectivity index (χ0) is 25.9. The molecule has 0 radical (unpaired) electrons. The van der Waals surface area contributed by atoms with Crippen LogP contribution in [0.1, 0.15) is 27.0 Å². The van der Waals surface area contributed by atoms with E-state index in [4.69, 9.17) is 4.74 Å². The lowest BCUT2D eigenvalue weighted by Crippen LogP contribution is -2.48. The Kier molecular flexibility index (Phi) is 7.54. The lowest BCUT2D eigenvalue weighted by Gasteiger charge is -2.36. The Morgan fingerprint density at radius 3 is 2.19 bits per heavy atom. The lowest BCUT2D eigenvalue weighted by atomic mass is 10.1. The Labute approximate surface area is 214 Å². The number of carbonyl (C=O) groups excluding carboxylic acids is 1. The van der Waals surface area contributed by atoms with Crippen molar-refractivity contribution < 1.29 is 17.9 Å². The zero-order valence-electron chi connectivity index (χ0n) is 21.3. The molecule has 1 fully saturated rings. The van der Waals surface area contributed by atoms with E-state index < -0.39 is 10.0 Å². The number of para-hydroxylation sites is 2. The molecular formula is C28H33N3O4S. The minimum atomic E-state index is -3.48. The Bertz CT molecular complexity index is 1330. The smallest absolute Gasteiger partial charge is 0.253 e. The van der Waals surface area contributed by atoms with Crippen LogP contribution in [0.2, 0.25) is 0 Å². The summed E-state index contributed by atoms with van der Waals surface area (Å²) in [5.74, 6) is 0.812. The number of benzene rings is 3. The summed E-state index contributed by atoms with van der Waals surface area (Å²) in [5, 5.41) is 0. The van der Waals surface area contributed by atoms with Crippen molar-refractivity contribution in [1.82, 2.24) is 4.90 Å². The van der Waals surface area contributed by atoms with Gasteiger partial charge < -0.3 is 14.5 Å². The Hall–Kier alpha value is -3.52. The third-order valence-electron chi connectivity index (χ3n) is 6.70. The quantitative estimate of drug-likeness (QED) is 0.479. The molecule has 0 aliphatic carbocycles. The maximum absolute atomic E-state index is 13.1. The first-order valence-corrected chi connectivity index (χ1v) is 13.8. The van der Waals surface area contributed by atoms with Gasteiger partial charge in [0.2, 0.25) is 10.0 Å². The largest absolute Gasteiger partial charge is 0.495 e. The number of piperazine rings is 1. The van der Waals surface area contributed by atoms with Crippen LogP contribution in [0.15, 0.2) is 66.7 Å². The molecule has 1 heterocycles. The molecule has 7 nitrogen and oxygen atoms in total. The van der Waals surface area contributed by atoms with Crippen molar-refractivity contribution in [2.75, 3.05) is 48.7 Å². The number of sulfonamides is 1. The van der Waals surface area contributed by atoms with Crippen LogP contribution < -0.4 is 13.9 Å². The molecule has 1 amide bonds. The van der Waals surface area contributed by atoms with Crippen molar-refractivity contribution in [3.8, 4) is 5.75 Å². The Morgan fingerprint density at radius 2 is 1.58 bits per heavy atom. The van der Waals surface area contributed by atoms with Crippen LogP contribution in [0.5, 0.6) is 5.75 Å². The van der Waals surface area contributed by atoms with Crippen LogP contribution in [0.25, 0.3) is 0 Å². The number of amides is 1. The number of aryl methyl sites for hydroxylation is 2. The van der Waals surface area contributed by atoms with Gasteiger partial charge in [-0.3, -0.25) is 9.10 Å². The maximum atomic E-state index is 13.1. The van der Waals surface area contributed by atoms with Gasteiger partial charge in [0.1, 0.15) is 5.75 Å². The van der Waals surface area contributed by atoms with E-state index in [0.29, 0.717) is 24.3 Å². The number of anilines is 2. The molecule has 0 bridgehead atoms. The van der Waals surface area contributed by atoms with Gasteiger partial charge in [-0.25, -0.2) is 8.42 Å². The molecule has 1 aliphatic heterocycles. The topological polar surface area (TPSA) is 70.2 Å². The number of carbonyl (C=O) groups is 1. The first kappa shape index (κ1) is 25.6. The highest BCUT2D eigenvalue weighted by Gasteiger charge is 2.24. The Morgan fingerprint density at radius 1 is 0.917 bits per heavy atom. The van der Waals surface area contributed by atoms with E-state index in [1.54, 1.807) is 19.2 Å². The highest BCUT2D eigenvalue weighted by molar-refractivity contribution is 7.92. The molecule has 0 aromatic heterocycles. The summed E-state index contributed by atoms with van der Waals surface area (Å²) in [7, 11) is -1.81. The van der Waals surface area contributed by atoms with E-state index in [0.717, 1.165) is 41.2 Å². The molecule has 0 N–H and O–H groups in total. The molecule has 0 atom stereocenters. The van der Waals surface area contributed by atoms with Crippen molar-refractivity contribution in [1.29, 1.82) is 0 Å². The summed E-state index contributed by atoms with van der Waals surface area (Å²) in [6.45, 7) is 6.86. The average Bonchev–Trinajstić information content (AvgIpc) is 2.88. The summed E-state index contributed by atoms with van der Waals surface area (Å²) < 4.78 is 31.9. The van der Waals surface area contributed by atoms with Gasteiger partial charge in [0.05, 0.1) is 31.3 Å². The van der Waals surface area contributed by atoms with E-state index in [-0.39, 0.29) is 12.5 Å². The van der Waals surface area contributed by atoms with Crippen LogP contribution in [0, 0.1) is 13.8 Å². The standard InChI is InChI=1S/C28H33N3O4S/c1-21-9-14-25(19-22(21)2)31(36(4,33)34)20-23-10-12-24(13-11-23)28(32)30-17-15-29(16-18-30)26-7-5-6-8-27(26)35-3/h5-14,19H,15-18,20H2,1-4H3. The molecule has 4 rings (SSSR count). The van der Waals surface area contributed by atoms with Gasteiger partial charge in [-0.15, -0.1) is 0 Å². The zero-order valence-corrected chi connectivity index (χ0v) is 22.1. The molecule has 36 heavy (non-hydrogen) atoms. The summed E-state index contributed by atoms with van der Waals surface area (Å²) in [6.07, 6.45) is 1.21. The van der Waals surface area contributed by atoms with Gasteiger partial charge >= 0.3 is 0 Å². The lowest BCUT2D eigenvalue weighted by molar-refractivity contribution is 0.0746. The van der Waals surface area contributed by atoms with Crippen molar-refractivity contribution in [3.05, 3.63) is 89.0 Å². The van der Waals surface area contributed by atoms with Crippen LogP contribution in [0.4, 0.5) is 11.4 Å². The number of nitrogens with zero attached hydrogens (tertiary/aromatic N) is 3. The van der Waals surface area contributed by atoms with Crippen LogP contribution in [-0.4, -0.2) is 58.8 Å². The minimum absolute atomic E-state index is 0.0182. The second-order valence-corrected chi connectivity index (χ2v) is 11.1. The van der Waals surface area contributed by atoms with Crippen LogP contribution in [0.3, 0.4) is 0 Å². The van der Waals surface area contributed by atoms with Crippen molar-refractivity contribution in [2.24, 2.45) is 0 Å². The number of hydrogen-bond acceptors (Lipinski definition) is 5. The fourth-order valence-electron chi connectivity index (χ4n) is 4.42. The number of hydrogen-bond donors (Lipinski definition) is 0. The van der Waals surface area contributed by atoms with E-state index in [9.17, 15) is 13.2 Å². The van der Waals surface area contributed by atoms with Gasteiger partial charge in [0.15, 0.2) is 0 Å². The third kappa shape index (κ3) is 5.65. The molecule has 190 valence electrons. The molecule has 1 saturated heterocycles. The first-order valence-electron chi connectivity index (χ1n) is 12.0. The van der Waals surface area contributed by atoms with Gasteiger partial charge in [-0.1, -0.05) is 30.3 Å². The summed E-state index contributed by atoms with van der Waals surface area (Å²) >= 11 is 0. The van der Waals surface area contributed by atoms with E-state index >= 15 is 0 Å². The number of rotatable bonds is 7. The second-order valence-electron chi connectivity index (χ2n) is 9.19. The maximum Gasteiger partial charge on any atom is 0.253 e. The molecule has 0 unspecified atom stereocenters. The third-order valence-corrected chi connectivity index (χ3v) is 7.84. The highest BCUT2D eigenvalue weighted by atomic mass is 32.2. The molecule has 8 heteroatoms. The van der Waals surface area contributed by atoms with Crippen molar-refractivity contribution in [3.63, 3.8) is 0 Å². The molecule has 0 saturated carbocycles. The fraction of sp³-hybridized carbons (Fsp3) is 0.321. The molecule has 0 spiro atoms. The van der Waals surface area contributed by atoms with Gasteiger partial charge in [0.25, 0.3) is 5.91 Å². The van der Waals surface area contributed by atoms with E-state index in [2.05, 4.69) is 4.90 Å². The van der Waals surface area contributed by atoms with Crippen molar-refractivity contribution >= 4 is 27.3 Å². The summed E-state index contributed by atoms with van der Waals surface area (Å²) in [4.78, 5) is 17.2. The number of ether oxygens (including phenoxy) is 1. The summed E-state index contributed by atoms with van der Waals surface area (Å²) in [6, 6.07) is 20.8. The predicted molar refractivity (Wildman–Crippen MR) is 144 cm³/mol. The van der Waals surface area contributed by atoms with Gasteiger partial charge in [-0.05, 0) is 66.9 Å². The Balaban J connectivity index is 1.42.